The lowest BCUT2D eigenvalue weighted by molar-refractivity contribution is -0.385. The second-order valence-electron chi connectivity index (χ2n) is 5.82. The van der Waals surface area contributed by atoms with E-state index in [4.69, 9.17) is 4.74 Å². The van der Waals surface area contributed by atoms with Crippen LogP contribution in [0.25, 0.3) is 0 Å². The van der Waals surface area contributed by atoms with Gasteiger partial charge in [0, 0.05) is 21.4 Å². The van der Waals surface area contributed by atoms with Gasteiger partial charge in [-0.15, -0.1) is 0 Å². The van der Waals surface area contributed by atoms with Crippen molar-refractivity contribution >= 4 is 34.7 Å². The fraction of sp³-hybridized carbons (Fsp3) is 0.0500. The predicted octanol–water partition coefficient (Wildman–Crippen LogP) is 5.05. The molecular weight excluding hydrogens is 364 g/mol. The average molecular weight is 378 g/mol. The Hall–Kier alpha value is -3.32. The number of carbonyl (C=O) groups is 1. The molecule has 134 valence electrons. The molecule has 3 aromatic carbocycles. The lowest BCUT2D eigenvalue weighted by atomic mass is 10.1. The maximum absolute atomic E-state index is 13.4. The molecule has 0 fully saturated rings. The fourth-order valence-electron chi connectivity index (χ4n) is 3.02. The van der Waals surface area contributed by atoms with E-state index in [9.17, 15) is 14.9 Å². The quantitative estimate of drug-likeness (QED) is 0.471. The SMILES string of the molecule is COc1ccc(C(=O)N2c3ccccc3Sc3ccccc32)cc1[N+](=O)[O-]. The molecule has 27 heavy (non-hydrogen) atoms. The number of benzene rings is 3. The molecule has 0 radical (unpaired) electrons. The summed E-state index contributed by atoms with van der Waals surface area (Å²) in [5.74, 6) is -0.215. The van der Waals surface area contributed by atoms with Crippen LogP contribution in [0.3, 0.4) is 0 Å². The summed E-state index contributed by atoms with van der Waals surface area (Å²) in [6, 6.07) is 19.5. The van der Waals surface area contributed by atoms with Gasteiger partial charge in [0.15, 0.2) is 5.75 Å². The fourth-order valence-corrected chi connectivity index (χ4v) is 4.08. The smallest absolute Gasteiger partial charge is 0.311 e. The third-order valence-corrected chi connectivity index (χ3v) is 5.39. The van der Waals surface area contributed by atoms with Crippen LogP contribution in [0, 0.1) is 10.1 Å². The van der Waals surface area contributed by atoms with Crippen molar-refractivity contribution in [1.82, 2.24) is 0 Å². The zero-order chi connectivity index (χ0) is 19.0. The number of hydrogen-bond acceptors (Lipinski definition) is 5. The number of nitro benzene ring substituents is 1. The van der Waals surface area contributed by atoms with Gasteiger partial charge in [-0.3, -0.25) is 19.8 Å². The number of hydrogen-bond donors (Lipinski definition) is 0. The van der Waals surface area contributed by atoms with E-state index in [2.05, 4.69) is 0 Å². The summed E-state index contributed by atoms with van der Waals surface area (Å²) in [5, 5.41) is 11.3. The molecule has 0 aliphatic carbocycles. The Morgan fingerprint density at radius 2 is 1.59 bits per heavy atom. The van der Waals surface area contributed by atoms with Gasteiger partial charge in [-0.25, -0.2) is 0 Å². The van der Waals surface area contributed by atoms with E-state index in [1.807, 2.05) is 48.5 Å². The van der Waals surface area contributed by atoms with Crippen molar-refractivity contribution in [2.75, 3.05) is 12.0 Å². The normalized spacial score (nSPS) is 12.1. The molecule has 1 amide bonds. The largest absolute Gasteiger partial charge is 0.490 e. The highest BCUT2D eigenvalue weighted by atomic mass is 32.2. The molecule has 0 saturated heterocycles. The Bertz CT molecular complexity index is 1020. The predicted molar refractivity (Wildman–Crippen MR) is 103 cm³/mol. The Balaban J connectivity index is 1.85. The molecule has 7 heteroatoms. The number of methoxy groups -OCH3 is 1. The summed E-state index contributed by atoms with van der Waals surface area (Å²) < 4.78 is 5.03. The molecule has 6 nitrogen and oxygen atoms in total. The van der Waals surface area contributed by atoms with E-state index in [0.29, 0.717) is 0 Å². The molecule has 0 bridgehead atoms. The van der Waals surface area contributed by atoms with Crippen molar-refractivity contribution in [3.63, 3.8) is 0 Å². The molecule has 0 spiro atoms. The molecular formula is C20H14N2O4S. The van der Waals surface area contributed by atoms with Gasteiger partial charge in [-0.1, -0.05) is 36.0 Å². The second kappa shape index (κ2) is 6.77. The van der Waals surface area contributed by atoms with Gasteiger partial charge >= 0.3 is 5.69 Å². The Morgan fingerprint density at radius 1 is 1.00 bits per heavy atom. The summed E-state index contributed by atoms with van der Waals surface area (Å²) >= 11 is 1.59. The Kier molecular flexibility index (Phi) is 4.29. The van der Waals surface area contributed by atoms with Gasteiger partial charge in [-0.2, -0.15) is 0 Å². The molecule has 0 N–H and O–H groups in total. The highest BCUT2D eigenvalue weighted by molar-refractivity contribution is 7.99. The van der Waals surface area contributed by atoms with Gasteiger partial charge in [0.1, 0.15) is 0 Å². The van der Waals surface area contributed by atoms with Crippen molar-refractivity contribution in [2.45, 2.75) is 9.79 Å². The van der Waals surface area contributed by atoms with Crippen LogP contribution >= 0.6 is 11.8 Å². The van der Waals surface area contributed by atoms with Crippen LogP contribution in [0.15, 0.2) is 76.5 Å². The van der Waals surface area contributed by atoms with Gasteiger partial charge in [0.05, 0.1) is 23.4 Å². The van der Waals surface area contributed by atoms with Gasteiger partial charge in [0.25, 0.3) is 5.91 Å². The summed E-state index contributed by atoms with van der Waals surface area (Å²) in [5.41, 5.74) is 1.49. The number of rotatable bonds is 3. The van der Waals surface area contributed by atoms with E-state index < -0.39 is 4.92 Å². The van der Waals surface area contributed by atoms with Crippen molar-refractivity contribution in [3.8, 4) is 5.75 Å². The molecule has 0 saturated carbocycles. The maximum Gasteiger partial charge on any atom is 0.311 e. The van der Waals surface area contributed by atoms with Gasteiger partial charge < -0.3 is 4.74 Å². The van der Waals surface area contributed by atoms with Crippen molar-refractivity contribution in [3.05, 3.63) is 82.4 Å². The highest BCUT2D eigenvalue weighted by Gasteiger charge is 2.30. The summed E-state index contributed by atoms with van der Waals surface area (Å²) in [4.78, 5) is 27.6. The lowest BCUT2D eigenvalue weighted by Gasteiger charge is -2.31. The summed E-state index contributed by atoms with van der Waals surface area (Å²) in [6.07, 6.45) is 0. The van der Waals surface area contributed by atoms with Crippen molar-refractivity contribution < 1.29 is 14.5 Å². The monoisotopic (exact) mass is 378 g/mol. The number of carbonyl (C=O) groups excluding carboxylic acids is 1. The third-order valence-electron chi connectivity index (χ3n) is 4.26. The Morgan fingerprint density at radius 3 is 2.15 bits per heavy atom. The number of amides is 1. The summed E-state index contributed by atoms with van der Waals surface area (Å²) in [7, 11) is 1.36. The third kappa shape index (κ3) is 2.92. The number of nitrogens with zero attached hydrogens (tertiary/aromatic N) is 2. The van der Waals surface area contributed by atoms with Crippen LogP contribution in [-0.4, -0.2) is 17.9 Å². The number of para-hydroxylation sites is 2. The van der Waals surface area contributed by atoms with Crippen molar-refractivity contribution in [2.24, 2.45) is 0 Å². The first kappa shape index (κ1) is 17.1. The highest BCUT2D eigenvalue weighted by Crippen LogP contribution is 2.48. The first-order valence-electron chi connectivity index (χ1n) is 8.13. The average Bonchev–Trinajstić information content (AvgIpc) is 2.70. The lowest BCUT2D eigenvalue weighted by Crippen LogP contribution is -2.28. The summed E-state index contributed by atoms with van der Waals surface area (Å²) in [6.45, 7) is 0. The minimum Gasteiger partial charge on any atom is -0.490 e. The standard InChI is InChI=1S/C20H14N2O4S/c1-26-17-11-10-13(12-16(17)22(24)25)20(23)21-14-6-2-4-8-18(14)27-19-9-5-3-7-15(19)21/h2-12H,1H3. The van der Waals surface area contributed by atoms with E-state index in [-0.39, 0.29) is 22.9 Å². The molecule has 0 atom stereocenters. The topological polar surface area (TPSA) is 72.7 Å². The zero-order valence-corrected chi connectivity index (χ0v) is 15.1. The minimum atomic E-state index is -0.552. The molecule has 1 heterocycles. The van der Waals surface area contributed by atoms with Crippen LogP contribution in [0.5, 0.6) is 5.75 Å². The van der Waals surface area contributed by atoms with Crippen molar-refractivity contribution in [1.29, 1.82) is 0 Å². The second-order valence-corrected chi connectivity index (χ2v) is 6.91. The maximum atomic E-state index is 13.4. The number of fused-ring (bicyclic) bond motifs is 2. The van der Waals surface area contributed by atoms with Crippen LogP contribution < -0.4 is 9.64 Å². The Labute approximate surface area is 159 Å². The van der Waals surface area contributed by atoms with Crippen LogP contribution in [-0.2, 0) is 0 Å². The molecule has 0 aromatic heterocycles. The van der Waals surface area contributed by atoms with Gasteiger partial charge in [-0.05, 0) is 36.4 Å². The van der Waals surface area contributed by atoms with E-state index in [1.54, 1.807) is 22.7 Å². The number of nitro groups is 1. The van der Waals surface area contributed by atoms with E-state index in [1.165, 1.54) is 19.2 Å². The molecule has 1 aliphatic heterocycles. The minimum absolute atomic E-state index is 0.117. The van der Waals surface area contributed by atoms with Crippen LogP contribution in [0.1, 0.15) is 10.4 Å². The molecule has 3 aromatic rings. The van der Waals surface area contributed by atoms with Crippen LogP contribution in [0.2, 0.25) is 0 Å². The molecule has 4 rings (SSSR count). The number of ether oxygens (including phenoxy) is 1. The first-order chi connectivity index (χ1) is 13.1. The molecule has 1 aliphatic rings. The van der Waals surface area contributed by atoms with E-state index >= 15 is 0 Å². The number of anilines is 2. The van der Waals surface area contributed by atoms with E-state index in [0.717, 1.165) is 21.2 Å². The van der Waals surface area contributed by atoms with Gasteiger partial charge in [0.2, 0.25) is 0 Å². The van der Waals surface area contributed by atoms with Crippen LogP contribution in [0.4, 0.5) is 17.1 Å². The zero-order valence-electron chi connectivity index (χ0n) is 14.3. The molecule has 0 unspecified atom stereocenters. The first-order valence-corrected chi connectivity index (χ1v) is 8.94.